The second-order valence-corrected chi connectivity index (χ2v) is 5.84. The van der Waals surface area contributed by atoms with Gasteiger partial charge in [-0.2, -0.15) is 0 Å². The fourth-order valence-electron chi connectivity index (χ4n) is 2.54. The molecule has 2 rings (SSSR count). The third-order valence-corrected chi connectivity index (χ3v) is 3.80. The molecule has 1 aliphatic rings. The highest BCUT2D eigenvalue weighted by molar-refractivity contribution is 5.74. The Morgan fingerprint density at radius 3 is 2.62 bits per heavy atom. The quantitative estimate of drug-likeness (QED) is 0.890. The van der Waals surface area contributed by atoms with Crippen LogP contribution in [0.1, 0.15) is 25.3 Å². The zero-order chi connectivity index (χ0) is 17.7. The van der Waals surface area contributed by atoms with Gasteiger partial charge in [-0.1, -0.05) is 12.1 Å². The SMILES string of the molecule is CC(NC(=O)N(C)Cc1ccc(OC(F)(F)F)cc1)C1CCCO1. The Morgan fingerprint density at radius 2 is 2.08 bits per heavy atom. The summed E-state index contributed by atoms with van der Waals surface area (Å²) in [5, 5.41) is 2.87. The van der Waals surface area contributed by atoms with Crippen molar-refractivity contribution in [2.24, 2.45) is 0 Å². The monoisotopic (exact) mass is 346 g/mol. The molecule has 0 aliphatic carbocycles. The molecule has 24 heavy (non-hydrogen) atoms. The average Bonchev–Trinajstić information content (AvgIpc) is 3.02. The van der Waals surface area contributed by atoms with Crippen LogP contribution in [0.25, 0.3) is 0 Å². The van der Waals surface area contributed by atoms with E-state index in [0.29, 0.717) is 12.2 Å². The summed E-state index contributed by atoms with van der Waals surface area (Å²) in [6.45, 7) is 2.88. The van der Waals surface area contributed by atoms with Crippen LogP contribution in [0, 0.1) is 0 Å². The summed E-state index contributed by atoms with van der Waals surface area (Å²) in [5.74, 6) is -0.287. The average molecular weight is 346 g/mol. The molecular weight excluding hydrogens is 325 g/mol. The van der Waals surface area contributed by atoms with E-state index in [1.807, 2.05) is 6.92 Å². The van der Waals surface area contributed by atoms with Crippen LogP contribution in [0.5, 0.6) is 5.75 Å². The standard InChI is InChI=1S/C16H21F3N2O3/c1-11(14-4-3-9-23-14)20-15(22)21(2)10-12-5-7-13(8-6-12)24-16(17,18)19/h5-8,11,14H,3-4,9-10H2,1-2H3,(H,20,22). The van der Waals surface area contributed by atoms with E-state index >= 15 is 0 Å². The summed E-state index contributed by atoms with van der Waals surface area (Å²) >= 11 is 0. The first-order valence-electron chi connectivity index (χ1n) is 7.72. The Morgan fingerprint density at radius 1 is 1.42 bits per heavy atom. The van der Waals surface area contributed by atoms with Gasteiger partial charge in [0, 0.05) is 20.2 Å². The molecule has 0 aromatic heterocycles. The van der Waals surface area contributed by atoms with Gasteiger partial charge in [-0.05, 0) is 37.5 Å². The Bertz CT molecular complexity index is 542. The molecule has 0 radical (unpaired) electrons. The minimum absolute atomic E-state index is 0.0288. The summed E-state index contributed by atoms with van der Waals surface area (Å²) in [6, 6.07) is 5.09. The van der Waals surface area contributed by atoms with Gasteiger partial charge in [0.1, 0.15) is 5.75 Å². The van der Waals surface area contributed by atoms with Crippen molar-refractivity contribution in [1.82, 2.24) is 10.2 Å². The molecule has 0 spiro atoms. The first kappa shape index (κ1) is 18.4. The highest BCUT2D eigenvalue weighted by Gasteiger charge is 2.31. The number of carbonyl (C=O) groups excluding carboxylic acids is 1. The fourth-order valence-corrected chi connectivity index (χ4v) is 2.54. The molecule has 8 heteroatoms. The number of ether oxygens (including phenoxy) is 2. The molecule has 1 fully saturated rings. The molecule has 2 amide bonds. The van der Waals surface area contributed by atoms with Crippen molar-refractivity contribution in [3.8, 4) is 5.75 Å². The molecule has 1 aliphatic heterocycles. The Balaban J connectivity index is 1.84. The number of rotatable bonds is 5. The van der Waals surface area contributed by atoms with Gasteiger partial charge in [0.05, 0.1) is 12.1 Å². The molecule has 2 unspecified atom stereocenters. The number of urea groups is 1. The lowest BCUT2D eigenvalue weighted by molar-refractivity contribution is -0.274. The number of halogens is 3. The third-order valence-electron chi connectivity index (χ3n) is 3.80. The maximum atomic E-state index is 12.2. The van der Waals surface area contributed by atoms with Crippen LogP contribution >= 0.6 is 0 Å². The van der Waals surface area contributed by atoms with Gasteiger partial charge >= 0.3 is 12.4 Å². The maximum absolute atomic E-state index is 12.2. The van der Waals surface area contributed by atoms with Crippen LogP contribution < -0.4 is 10.1 Å². The van der Waals surface area contributed by atoms with Crippen LogP contribution in [0.2, 0.25) is 0 Å². The van der Waals surface area contributed by atoms with Crippen molar-refractivity contribution in [3.63, 3.8) is 0 Å². The number of alkyl halides is 3. The molecule has 1 aromatic carbocycles. The summed E-state index contributed by atoms with van der Waals surface area (Å²) in [6.07, 6.45) is -2.77. The van der Waals surface area contributed by atoms with Gasteiger partial charge in [0.25, 0.3) is 0 Å². The number of carbonyl (C=O) groups is 1. The van der Waals surface area contributed by atoms with Gasteiger partial charge in [-0.3, -0.25) is 0 Å². The predicted molar refractivity (Wildman–Crippen MR) is 81.6 cm³/mol. The highest BCUT2D eigenvalue weighted by Crippen LogP contribution is 2.23. The van der Waals surface area contributed by atoms with Crippen LogP contribution in [-0.2, 0) is 11.3 Å². The van der Waals surface area contributed by atoms with E-state index in [-0.39, 0.29) is 30.5 Å². The molecule has 1 saturated heterocycles. The summed E-state index contributed by atoms with van der Waals surface area (Å²) in [4.78, 5) is 13.6. The van der Waals surface area contributed by atoms with E-state index in [1.54, 1.807) is 7.05 Å². The van der Waals surface area contributed by atoms with Crippen molar-refractivity contribution < 1.29 is 27.4 Å². The molecule has 1 aromatic rings. The lowest BCUT2D eigenvalue weighted by Crippen LogP contribution is -2.46. The lowest BCUT2D eigenvalue weighted by atomic mass is 10.1. The molecule has 5 nitrogen and oxygen atoms in total. The summed E-state index contributed by atoms with van der Waals surface area (Å²) < 4.78 is 45.7. The Kier molecular flexibility index (Phi) is 5.93. The topological polar surface area (TPSA) is 50.8 Å². The van der Waals surface area contributed by atoms with E-state index in [4.69, 9.17) is 4.74 Å². The van der Waals surface area contributed by atoms with E-state index in [0.717, 1.165) is 12.8 Å². The molecule has 1 heterocycles. The first-order valence-corrected chi connectivity index (χ1v) is 7.72. The minimum Gasteiger partial charge on any atom is -0.406 e. The largest absolute Gasteiger partial charge is 0.573 e. The second-order valence-electron chi connectivity index (χ2n) is 5.84. The van der Waals surface area contributed by atoms with E-state index in [2.05, 4.69) is 10.1 Å². The normalized spacial score (nSPS) is 19.0. The fraction of sp³-hybridized carbons (Fsp3) is 0.562. The van der Waals surface area contributed by atoms with E-state index in [1.165, 1.54) is 29.2 Å². The van der Waals surface area contributed by atoms with Gasteiger partial charge < -0.3 is 19.7 Å². The van der Waals surface area contributed by atoms with E-state index in [9.17, 15) is 18.0 Å². The predicted octanol–water partition coefficient (Wildman–Crippen LogP) is 3.29. The number of hydrogen-bond acceptors (Lipinski definition) is 3. The zero-order valence-corrected chi connectivity index (χ0v) is 13.6. The van der Waals surface area contributed by atoms with Gasteiger partial charge in [0.2, 0.25) is 0 Å². The Labute approximate surface area is 138 Å². The van der Waals surface area contributed by atoms with Crippen LogP contribution in [-0.4, -0.2) is 43.1 Å². The van der Waals surface area contributed by atoms with Crippen molar-refractivity contribution in [1.29, 1.82) is 0 Å². The van der Waals surface area contributed by atoms with Crippen molar-refractivity contribution in [2.45, 2.75) is 44.8 Å². The maximum Gasteiger partial charge on any atom is 0.573 e. The molecule has 2 atom stereocenters. The molecule has 134 valence electrons. The van der Waals surface area contributed by atoms with Crippen molar-refractivity contribution in [2.75, 3.05) is 13.7 Å². The second kappa shape index (κ2) is 7.74. The first-order chi connectivity index (χ1) is 11.2. The lowest BCUT2D eigenvalue weighted by Gasteiger charge is -2.24. The molecule has 0 saturated carbocycles. The van der Waals surface area contributed by atoms with Gasteiger partial charge in [-0.25, -0.2) is 4.79 Å². The van der Waals surface area contributed by atoms with Crippen molar-refractivity contribution in [3.05, 3.63) is 29.8 Å². The summed E-state index contributed by atoms with van der Waals surface area (Å²) in [7, 11) is 1.62. The van der Waals surface area contributed by atoms with Gasteiger partial charge in [0.15, 0.2) is 0 Å². The molecule has 1 N–H and O–H groups in total. The van der Waals surface area contributed by atoms with Gasteiger partial charge in [-0.15, -0.1) is 13.2 Å². The number of hydrogen-bond donors (Lipinski definition) is 1. The highest BCUT2D eigenvalue weighted by atomic mass is 19.4. The smallest absolute Gasteiger partial charge is 0.406 e. The number of nitrogens with zero attached hydrogens (tertiary/aromatic N) is 1. The van der Waals surface area contributed by atoms with Crippen LogP contribution in [0.3, 0.4) is 0 Å². The van der Waals surface area contributed by atoms with Crippen molar-refractivity contribution >= 4 is 6.03 Å². The molecular formula is C16H21F3N2O3. The zero-order valence-electron chi connectivity index (χ0n) is 13.6. The molecule has 0 bridgehead atoms. The Hall–Kier alpha value is -1.96. The van der Waals surface area contributed by atoms with Crippen LogP contribution in [0.15, 0.2) is 24.3 Å². The number of amides is 2. The summed E-state index contributed by atoms with van der Waals surface area (Å²) in [5.41, 5.74) is 0.701. The third kappa shape index (κ3) is 5.59. The number of nitrogens with one attached hydrogen (secondary N) is 1. The van der Waals surface area contributed by atoms with E-state index < -0.39 is 6.36 Å². The minimum atomic E-state index is -4.71. The van der Waals surface area contributed by atoms with Crippen LogP contribution in [0.4, 0.5) is 18.0 Å². The number of benzene rings is 1.